The zero-order valence-electron chi connectivity index (χ0n) is 22.7. The minimum Gasteiger partial charge on any atom is -0.493 e. The van der Waals surface area contributed by atoms with Gasteiger partial charge in [0.25, 0.3) is 11.8 Å². The van der Waals surface area contributed by atoms with Gasteiger partial charge in [-0.1, -0.05) is 26.0 Å². The van der Waals surface area contributed by atoms with Gasteiger partial charge in [0.2, 0.25) is 0 Å². The number of pyridine rings is 1. The number of aromatic carboxylic acids is 1. The molecule has 0 radical (unpaired) electrons. The number of fused-ring (bicyclic) bond motifs is 3. The number of hydrogen-bond donors (Lipinski definition) is 4. The van der Waals surface area contributed by atoms with Crippen molar-refractivity contribution in [3.8, 4) is 27.3 Å². The van der Waals surface area contributed by atoms with Crippen molar-refractivity contribution in [1.29, 1.82) is 0 Å². The maximum absolute atomic E-state index is 13.8. The number of amides is 2. The Bertz CT molecular complexity index is 1630. The van der Waals surface area contributed by atoms with Crippen molar-refractivity contribution in [3.63, 3.8) is 0 Å². The van der Waals surface area contributed by atoms with Gasteiger partial charge in [0, 0.05) is 52.3 Å². The summed E-state index contributed by atoms with van der Waals surface area (Å²) in [6, 6.07) is 15.6. The third-order valence-corrected chi connectivity index (χ3v) is 7.71. The number of anilines is 1. The highest BCUT2D eigenvalue weighted by Crippen LogP contribution is 2.43. The Balaban J connectivity index is 1.63. The van der Waals surface area contributed by atoms with E-state index < -0.39 is 17.8 Å². The first kappa shape index (κ1) is 28.0. The molecule has 10 heteroatoms. The van der Waals surface area contributed by atoms with Gasteiger partial charge >= 0.3 is 5.97 Å². The van der Waals surface area contributed by atoms with Crippen molar-refractivity contribution in [2.45, 2.75) is 26.8 Å². The molecule has 1 aliphatic heterocycles. The first-order valence-corrected chi connectivity index (χ1v) is 14.1. The minimum absolute atomic E-state index is 0.0213. The van der Waals surface area contributed by atoms with E-state index in [4.69, 9.17) is 10.5 Å². The van der Waals surface area contributed by atoms with Gasteiger partial charge in [-0.3, -0.25) is 9.59 Å². The summed E-state index contributed by atoms with van der Waals surface area (Å²) in [5, 5.41) is 17.8. The highest BCUT2D eigenvalue weighted by molar-refractivity contribution is 7.13. The number of carboxylic acids is 1. The predicted molar refractivity (Wildman–Crippen MR) is 159 cm³/mol. The van der Waals surface area contributed by atoms with Crippen LogP contribution in [0.1, 0.15) is 56.3 Å². The Morgan fingerprint density at radius 1 is 1.02 bits per heavy atom. The molecule has 210 valence electrons. The maximum atomic E-state index is 13.8. The van der Waals surface area contributed by atoms with Crippen LogP contribution in [0.25, 0.3) is 21.6 Å². The average molecular weight is 571 g/mol. The van der Waals surface area contributed by atoms with E-state index in [2.05, 4.69) is 15.6 Å². The number of carbonyl (C=O) groups excluding carboxylic acids is 2. The number of nitrogens with one attached hydrogen (secondary N) is 2. The van der Waals surface area contributed by atoms with E-state index in [9.17, 15) is 19.5 Å². The molecule has 3 heterocycles. The molecule has 0 unspecified atom stereocenters. The number of nitrogens with zero attached hydrogens (tertiary/aromatic N) is 1. The van der Waals surface area contributed by atoms with Crippen molar-refractivity contribution in [1.82, 2.24) is 10.3 Å². The Hall–Kier alpha value is -4.54. The van der Waals surface area contributed by atoms with Crippen molar-refractivity contribution in [3.05, 3.63) is 88.1 Å². The van der Waals surface area contributed by atoms with E-state index in [1.165, 1.54) is 12.1 Å². The molecule has 2 aromatic heterocycles. The fourth-order valence-corrected chi connectivity index (χ4v) is 5.58. The van der Waals surface area contributed by atoms with Crippen LogP contribution in [0.4, 0.5) is 5.69 Å². The molecule has 0 spiro atoms. The van der Waals surface area contributed by atoms with E-state index in [0.29, 0.717) is 43.1 Å². The molecule has 5 rings (SSSR count). The van der Waals surface area contributed by atoms with Crippen molar-refractivity contribution >= 4 is 34.8 Å². The second kappa shape index (κ2) is 11.9. The molecule has 0 atom stereocenters. The molecule has 9 nitrogen and oxygen atoms in total. The molecule has 41 heavy (non-hydrogen) atoms. The highest BCUT2D eigenvalue weighted by atomic mass is 32.1. The smallest absolute Gasteiger partial charge is 0.355 e. The van der Waals surface area contributed by atoms with E-state index >= 15 is 0 Å². The van der Waals surface area contributed by atoms with Gasteiger partial charge in [-0.05, 0) is 64.9 Å². The van der Waals surface area contributed by atoms with Crippen LogP contribution in [0.2, 0.25) is 0 Å². The first-order valence-electron chi connectivity index (χ1n) is 13.3. The lowest BCUT2D eigenvalue weighted by molar-refractivity contribution is 0.0691. The molecule has 2 aromatic carbocycles. The maximum Gasteiger partial charge on any atom is 0.355 e. The van der Waals surface area contributed by atoms with Crippen LogP contribution in [0.3, 0.4) is 0 Å². The lowest BCUT2D eigenvalue weighted by Crippen LogP contribution is -2.28. The fraction of sp³-hybridized carbons (Fsp3) is 0.226. The number of ether oxygens (including phenoxy) is 1. The summed E-state index contributed by atoms with van der Waals surface area (Å²) >= 11 is 1.56. The van der Waals surface area contributed by atoms with Gasteiger partial charge in [-0.25, -0.2) is 9.78 Å². The number of carboxylic acid groups (broad SMARTS) is 1. The highest BCUT2D eigenvalue weighted by Gasteiger charge is 2.26. The van der Waals surface area contributed by atoms with E-state index in [0.717, 1.165) is 21.6 Å². The van der Waals surface area contributed by atoms with Gasteiger partial charge in [0.05, 0.1) is 6.61 Å². The van der Waals surface area contributed by atoms with Crippen LogP contribution in [0.5, 0.6) is 5.75 Å². The van der Waals surface area contributed by atoms with Crippen LogP contribution in [-0.4, -0.2) is 41.0 Å². The molecule has 0 saturated carbocycles. The molecule has 0 fully saturated rings. The van der Waals surface area contributed by atoms with Crippen molar-refractivity contribution in [2.75, 3.05) is 18.5 Å². The molecule has 0 saturated heterocycles. The van der Waals surface area contributed by atoms with Gasteiger partial charge in [-0.15, -0.1) is 11.3 Å². The van der Waals surface area contributed by atoms with Gasteiger partial charge in [0.1, 0.15) is 11.4 Å². The topological polar surface area (TPSA) is 144 Å². The fourth-order valence-electron chi connectivity index (χ4n) is 4.60. The molecular weight excluding hydrogens is 540 g/mol. The number of benzene rings is 2. The molecule has 0 aliphatic carbocycles. The Kier molecular flexibility index (Phi) is 8.14. The van der Waals surface area contributed by atoms with Gasteiger partial charge in [-0.2, -0.15) is 0 Å². The Morgan fingerprint density at radius 2 is 1.80 bits per heavy atom. The number of hydrogen-bond acceptors (Lipinski definition) is 7. The average Bonchev–Trinajstić information content (AvgIpc) is 3.37. The van der Waals surface area contributed by atoms with Crippen LogP contribution < -0.4 is 21.1 Å². The lowest BCUT2D eigenvalue weighted by atomic mass is 9.93. The van der Waals surface area contributed by atoms with Gasteiger partial charge in [0.15, 0.2) is 5.69 Å². The number of rotatable bonds is 8. The third kappa shape index (κ3) is 5.98. The summed E-state index contributed by atoms with van der Waals surface area (Å²) in [4.78, 5) is 44.0. The van der Waals surface area contributed by atoms with E-state index in [1.807, 2.05) is 37.4 Å². The summed E-state index contributed by atoms with van der Waals surface area (Å²) in [7, 11) is 0. The molecule has 2 amide bonds. The molecule has 1 aliphatic rings. The number of carbonyl (C=O) groups is 3. The zero-order chi connectivity index (χ0) is 29.1. The molecular formula is C31H30N4O5S. The summed E-state index contributed by atoms with van der Waals surface area (Å²) in [6.45, 7) is 5.15. The minimum atomic E-state index is -1.32. The van der Waals surface area contributed by atoms with E-state index in [1.54, 1.807) is 35.6 Å². The first-order chi connectivity index (χ1) is 19.7. The second-order valence-electron chi connectivity index (χ2n) is 10.1. The van der Waals surface area contributed by atoms with Crippen molar-refractivity contribution < 1.29 is 24.2 Å². The molecule has 4 aromatic rings. The Labute approximate surface area is 241 Å². The molecule has 0 bridgehead atoms. The van der Waals surface area contributed by atoms with E-state index in [-0.39, 0.29) is 28.4 Å². The quantitative estimate of drug-likeness (QED) is 0.228. The van der Waals surface area contributed by atoms with Crippen LogP contribution in [0, 0.1) is 5.92 Å². The number of thiophene rings is 1. The number of aromatic nitrogens is 1. The standard InChI is InChI=1S/C31H30N4O5S/c1-17(2)16-33-30(37)25-8-7-21(27(35-25)31(38)39)22-14-26-24(28-19(9-11-40-26)10-12-41-28)13-23(22)29(36)34-20-5-3-18(15-32)4-6-20/h3-8,10,12-14,17H,9,11,15-16,32H2,1-2H3,(H,33,37)(H,34,36)(H,38,39). The summed E-state index contributed by atoms with van der Waals surface area (Å²) in [5.41, 5.74) is 9.49. The van der Waals surface area contributed by atoms with Gasteiger partial charge < -0.3 is 26.2 Å². The lowest BCUT2D eigenvalue weighted by Gasteiger charge is -2.17. The normalized spacial score (nSPS) is 12.1. The summed E-state index contributed by atoms with van der Waals surface area (Å²) < 4.78 is 6.08. The summed E-state index contributed by atoms with van der Waals surface area (Å²) in [5.74, 6) is -1.46. The third-order valence-electron chi connectivity index (χ3n) is 6.72. The number of nitrogens with two attached hydrogens (primary N) is 1. The molecule has 5 N–H and O–H groups in total. The van der Waals surface area contributed by atoms with Crippen LogP contribution in [0.15, 0.2) is 60.0 Å². The largest absolute Gasteiger partial charge is 0.493 e. The second-order valence-corrected chi connectivity index (χ2v) is 11.0. The monoisotopic (exact) mass is 570 g/mol. The van der Waals surface area contributed by atoms with Crippen molar-refractivity contribution in [2.24, 2.45) is 11.7 Å². The van der Waals surface area contributed by atoms with Crippen LogP contribution in [-0.2, 0) is 13.0 Å². The van der Waals surface area contributed by atoms with Crippen LogP contribution >= 0.6 is 11.3 Å². The SMILES string of the molecule is CC(C)CNC(=O)c1ccc(-c2cc3c(cc2C(=O)Nc2ccc(CN)cc2)-c2sccc2CCO3)c(C(=O)O)n1. The predicted octanol–water partition coefficient (Wildman–Crippen LogP) is 5.21. The zero-order valence-corrected chi connectivity index (χ0v) is 23.5. The Morgan fingerprint density at radius 3 is 2.51 bits per heavy atom. The summed E-state index contributed by atoms with van der Waals surface area (Å²) in [6.07, 6.45) is 0.708.